The molecule has 0 N–H and O–H groups in total. The summed E-state index contributed by atoms with van der Waals surface area (Å²) in [5.74, 6) is 1.55. The lowest BCUT2D eigenvalue weighted by atomic mass is 9.79. The van der Waals surface area contributed by atoms with Crippen LogP contribution in [0.15, 0.2) is 0 Å². The number of rotatable bonds is 15. The molecule has 0 aromatic heterocycles. The van der Waals surface area contributed by atoms with Crippen molar-refractivity contribution < 1.29 is 14.0 Å². The minimum Gasteiger partial charge on any atom is -0.459 e. The van der Waals surface area contributed by atoms with Gasteiger partial charge in [0.05, 0.1) is 25.6 Å². The molecule has 170 valence electrons. The van der Waals surface area contributed by atoms with E-state index in [4.69, 9.17) is 4.74 Å². The van der Waals surface area contributed by atoms with E-state index in [0.29, 0.717) is 18.4 Å². The average Bonchev–Trinajstić information content (AvgIpc) is 3.44. The number of quaternary nitrogens is 1. The van der Waals surface area contributed by atoms with Crippen molar-refractivity contribution >= 4 is 5.97 Å². The predicted molar refractivity (Wildman–Crippen MR) is 123 cm³/mol. The lowest BCUT2D eigenvalue weighted by Crippen LogP contribution is -2.50. The molecular formula is C26H50NO2+. The molecule has 2 aliphatic carbocycles. The van der Waals surface area contributed by atoms with E-state index < -0.39 is 0 Å². The van der Waals surface area contributed by atoms with Gasteiger partial charge in [0.25, 0.3) is 0 Å². The Morgan fingerprint density at radius 3 is 1.83 bits per heavy atom. The summed E-state index contributed by atoms with van der Waals surface area (Å²) in [5.41, 5.74) is 0. The van der Waals surface area contributed by atoms with Crippen LogP contribution in [0, 0.1) is 17.8 Å². The maximum absolute atomic E-state index is 13.1. The van der Waals surface area contributed by atoms with E-state index in [1.54, 1.807) is 0 Å². The summed E-state index contributed by atoms with van der Waals surface area (Å²) in [6.45, 7) is 12.1. The van der Waals surface area contributed by atoms with Crippen LogP contribution in [0.1, 0.15) is 111 Å². The largest absolute Gasteiger partial charge is 0.459 e. The maximum atomic E-state index is 13.1. The molecule has 0 aliphatic heterocycles. The molecule has 29 heavy (non-hydrogen) atoms. The van der Waals surface area contributed by atoms with E-state index in [2.05, 4.69) is 20.8 Å². The highest BCUT2D eigenvalue weighted by Crippen LogP contribution is 2.42. The molecule has 0 aromatic rings. The van der Waals surface area contributed by atoms with Gasteiger partial charge >= 0.3 is 5.97 Å². The van der Waals surface area contributed by atoms with Crippen molar-refractivity contribution in [1.82, 2.24) is 0 Å². The Morgan fingerprint density at radius 2 is 1.31 bits per heavy atom. The van der Waals surface area contributed by atoms with Gasteiger partial charge in [0.2, 0.25) is 0 Å². The summed E-state index contributed by atoms with van der Waals surface area (Å²) >= 11 is 0. The van der Waals surface area contributed by atoms with Crippen LogP contribution >= 0.6 is 0 Å². The van der Waals surface area contributed by atoms with Crippen LogP contribution in [0.5, 0.6) is 0 Å². The molecule has 2 saturated carbocycles. The highest BCUT2D eigenvalue weighted by Gasteiger charge is 2.39. The first-order chi connectivity index (χ1) is 14.2. The third-order valence-corrected chi connectivity index (χ3v) is 8.23. The van der Waals surface area contributed by atoms with Gasteiger partial charge in [-0.3, -0.25) is 4.79 Å². The number of likely N-dealkylation sites (N-methyl/N-ethyl adjacent to an activating group) is 1. The number of unbranched alkanes of at least 4 members (excludes halogenated alkanes) is 5. The highest BCUT2D eigenvalue weighted by atomic mass is 16.5. The summed E-state index contributed by atoms with van der Waals surface area (Å²) in [4.78, 5) is 13.1. The van der Waals surface area contributed by atoms with Gasteiger partial charge in [0.15, 0.2) is 0 Å². The van der Waals surface area contributed by atoms with Gasteiger partial charge in [-0.05, 0) is 64.2 Å². The fourth-order valence-electron chi connectivity index (χ4n) is 6.03. The molecule has 0 heterocycles. The minimum atomic E-state index is 0.147. The van der Waals surface area contributed by atoms with Gasteiger partial charge in [-0.15, -0.1) is 0 Å². The molecule has 2 fully saturated rings. The Morgan fingerprint density at radius 1 is 0.793 bits per heavy atom. The van der Waals surface area contributed by atoms with Crippen molar-refractivity contribution in [2.75, 3.05) is 32.8 Å². The van der Waals surface area contributed by atoms with Gasteiger partial charge < -0.3 is 9.22 Å². The van der Waals surface area contributed by atoms with Gasteiger partial charge in [-0.1, -0.05) is 58.3 Å². The van der Waals surface area contributed by atoms with Crippen LogP contribution in [0.4, 0.5) is 0 Å². The molecule has 0 saturated heterocycles. The quantitative estimate of drug-likeness (QED) is 0.170. The van der Waals surface area contributed by atoms with E-state index in [1.165, 1.54) is 96.4 Å². The maximum Gasteiger partial charge on any atom is 0.309 e. The standard InChI is InChI=1S/C26H50NO2/c1-4-7-8-9-10-15-20-27(5-2,6-3)21-22-29-26(28)25(23-16-11-12-17-23)24-18-13-14-19-24/h23-25H,4-22H2,1-3H3/q+1. The van der Waals surface area contributed by atoms with E-state index in [9.17, 15) is 4.79 Å². The fourth-order valence-corrected chi connectivity index (χ4v) is 6.03. The number of hydrogen-bond donors (Lipinski definition) is 0. The first kappa shape index (κ1) is 24.7. The monoisotopic (exact) mass is 408 g/mol. The van der Waals surface area contributed by atoms with E-state index in [-0.39, 0.29) is 11.9 Å². The molecule has 3 nitrogen and oxygen atoms in total. The first-order valence-electron chi connectivity index (χ1n) is 13.2. The zero-order valence-corrected chi connectivity index (χ0v) is 19.9. The third kappa shape index (κ3) is 7.89. The van der Waals surface area contributed by atoms with Crippen molar-refractivity contribution in [1.29, 1.82) is 0 Å². The fraction of sp³-hybridized carbons (Fsp3) is 0.962. The van der Waals surface area contributed by atoms with Crippen LogP contribution in [0.3, 0.4) is 0 Å². The number of ether oxygens (including phenoxy) is 1. The summed E-state index contributed by atoms with van der Waals surface area (Å²) in [5, 5.41) is 0. The second-order valence-corrected chi connectivity index (χ2v) is 9.97. The molecule has 3 heteroatoms. The predicted octanol–water partition coefficient (Wildman–Crippen LogP) is 6.74. The number of carbonyl (C=O) groups is 1. The van der Waals surface area contributed by atoms with Gasteiger partial charge in [0, 0.05) is 0 Å². The Hall–Kier alpha value is -0.570. The second kappa shape index (κ2) is 13.7. The van der Waals surface area contributed by atoms with Crippen molar-refractivity contribution in [3.8, 4) is 0 Å². The lowest BCUT2D eigenvalue weighted by molar-refractivity contribution is -0.925. The Bertz CT molecular complexity index is 418. The summed E-state index contributed by atoms with van der Waals surface area (Å²) in [6.07, 6.45) is 18.4. The normalized spacial score (nSPS) is 18.8. The highest BCUT2D eigenvalue weighted by molar-refractivity contribution is 5.73. The molecular weight excluding hydrogens is 358 g/mol. The van der Waals surface area contributed by atoms with Crippen LogP contribution < -0.4 is 0 Å². The Labute approximate surface area is 181 Å². The number of hydrogen-bond acceptors (Lipinski definition) is 2. The van der Waals surface area contributed by atoms with Gasteiger partial charge in [0.1, 0.15) is 13.2 Å². The number of esters is 1. The Balaban J connectivity index is 1.79. The van der Waals surface area contributed by atoms with Gasteiger partial charge in [-0.25, -0.2) is 0 Å². The molecule has 0 bridgehead atoms. The average molecular weight is 409 g/mol. The van der Waals surface area contributed by atoms with Gasteiger partial charge in [-0.2, -0.15) is 0 Å². The van der Waals surface area contributed by atoms with E-state index in [0.717, 1.165) is 24.1 Å². The molecule has 0 atom stereocenters. The smallest absolute Gasteiger partial charge is 0.309 e. The van der Waals surface area contributed by atoms with Crippen LogP contribution in [-0.2, 0) is 9.53 Å². The zero-order valence-electron chi connectivity index (χ0n) is 19.9. The van der Waals surface area contributed by atoms with Crippen LogP contribution in [0.25, 0.3) is 0 Å². The molecule has 0 unspecified atom stereocenters. The van der Waals surface area contributed by atoms with Crippen molar-refractivity contribution in [2.45, 2.75) is 111 Å². The van der Waals surface area contributed by atoms with E-state index >= 15 is 0 Å². The minimum absolute atomic E-state index is 0.147. The SMILES string of the molecule is CCCCCCCC[N+](CC)(CC)CCOC(=O)C(C1CCCC1)C1CCCC1. The molecule has 0 amide bonds. The summed E-state index contributed by atoms with van der Waals surface area (Å²) in [6, 6.07) is 0. The van der Waals surface area contributed by atoms with Crippen LogP contribution in [0.2, 0.25) is 0 Å². The van der Waals surface area contributed by atoms with E-state index in [1.807, 2.05) is 0 Å². The molecule has 0 aromatic carbocycles. The molecule has 2 rings (SSSR count). The summed E-state index contributed by atoms with van der Waals surface area (Å²) < 4.78 is 7.10. The number of nitrogens with zero attached hydrogens (tertiary/aromatic N) is 1. The molecule has 0 radical (unpaired) electrons. The van der Waals surface area contributed by atoms with Crippen LogP contribution in [-0.4, -0.2) is 43.2 Å². The molecule has 0 spiro atoms. The van der Waals surface area contributed by atoms with Crippen molar-refractivity contribution in [2.24, 2.45) is 17.8 Å². The second-order valence-electron chi connectivity index (χ2n) is 9.97. The van der Waals surface area contributed by atoms with Crippen molar-refractivity contribution in [3.63, 3.8) is 0 Å². The first-order valence-corrected chi connectivity index (χ1v) is 13.2. The third-order valence-electron chi connectivity index (χ3n) is 8.23. The topological polar surface area (TPSA) is 26.3 Å². The lowest BCUT2D eigenvalue weighted by Gasteiger charge is -2.37. The van der Waals surface area contributed by atoms with Crippen molar-refractivity contribution in [3.05, 3.63) is 0 Å². The summed E-state index contributed by atoms with van der Waals surface area (Å²) in [7, 11) is 0. The number of carbonyl (C=O) groups excluding carboxylic acids is 1. The molecule has 2 aliphatic rings. The Kier molecular flexibility index (Phi) is 11.6. The zero-order chi connectivity index (χ0) is 21.0.